The first kappa shape index (κ1) is 21.7. The lowest BCUT2D eigenvalue weighted by molar-refractivity contribution is -0.115. The van der Waals surface area contributed by atoms with Gasteiger partial charge in [-0.15, -0.1) is 0 Å². The van der Waals surface area contributed by atoms with Crippen molar-refractivity contribution in [3.05, 3.63) is 60.2 Å². The van der Waals surface area contributed by atoms with Gasteiger partial charge in [0.15, 0.2) is 5.16 Å². The summed E-state index contributed by atoms with van der Waals surface area (Å²) in [6.07, 6.45) is 2.87. The Kier molecular flexibility index (Phi) is 6.63. The highest BCUT2D eigenvalue weighted by Crippen LogP contribution is 2.22. The lowest BCUT2D eigenvalue weighted by atomic mass is 10.3. The first-order valence-corrected chi connectivity index (χ1v) is 11.3. The van der Waals surface area contributed by atoms with Gasteiger partial charge in [0.2, 0.25) is 11.9 Å². The minimum atomic E-state index is -3.83. The second-order valence-corrected chi connectivity index (χ2v) is 9.38. The van der Waals surface area contributed by atoms with Gasteiger partial charge in [0.1, 0.15) is 0 Å². The number of nitrogens with one attached hydrogen (secondary N) is 2. The van der Waals surface area contributed by atoms with E-state index in [1.54, 1.807) is 13.0 Å². The van der Waals surface area contributed by atoms with Crippen LogP contribution >= 0.6 is 11.8 Å². The maximum Gasteiger partial charge on any atom is 0.264 e. The molecule has 0 aliphatic rings. The number of rotatable bonds is 7. The molecule has 3 aromatic rings. The van der Waals surface area contributed by atoms with E-state index >= 15 is 0 Å². The summed E-state index contributed by atoms with van der Waals surface area (Å²) in [5.74, 6) is -0.261. The van der Waals surface area contributed by atoms with E-state index in [0.717, 1.165) is 11.4 Å². The molecule has 0 radical (unpaired) electrons. The first-order chi connectivity index (χ1) is 14.2. The maximum atomic E-state index is 12.5. The smallest absolute Gasteiger partial charge is 0.264 e. The largest absolute Gasteiger partial charge is 0.325 e. The summed E-state index contributed by atoms with van der Waals surface area (Å²) >= 11 is 1.25. The van der Waals surface area contributed by atoms with E-state index in [4.69, 9.17) is 0 Å². The van der Waals surface area contributed by atoms with Crippen LogP contribution in [0.3, 0.4) is 0 Å². The standard InChI is InChI=1S/C19H20N6O3S2/c1-12-11-13(2)23-19(22-12)29-14(3)17(26)24-15-5-7-16(8-6-15)30(27,28)25-18-20-9-4-10-21-18/h4-11,14H,1-3H3,(H,24,26)(H,20,21,25). The van der Waals surface area contributed by atoms with Crippen LogP contribution in [0.25, 0.3) is 0 Å². The predicted octanol–water partition coefficient (Wildman–Crippen LogP) is 2.80. The molecule has 1 atom stereocenters. The van der Waals surface area contributed by atoms with Crippen molar-refractivity contribution in [2.24, 2.45) is 0 Å². The molecule has 156 valence electrons. The van der Waals surface area contributed by atoms with Gasteiger partial charge in [0.25, 0.3) is 10.0 Å². The minimum Gasteiger partial charge on any atom is -0.325 e. The molecule has 9 nitrogen and oxygen atoms in total. The van der Waals surface area contributed by atoms with E-state index in [2.05, 4.69) is 30.0 Å². The second kappa shape index (κ2) is 9.18. The molecule has 0 bridgehead atoms. The molecule has 0 aliphatic heterocycles. The Bertz CT molecular complexity index is 1120. The number of aromatic nitrogens is 4. The molecule has 30 heavy (non-hydrogen) atoms. The van der Waals surface area contributed by atoms with Crippen LogP contribution in [-0.4, -0.2) is 39.5 Å². The lowest BCUT2D eigenvalue weighted by Gasteiger charge is -2.12. The summed E-state index contributed by atoms with van der Waals surface area (Å²) in [5, 5.41) is 2.86. The summed E-state index contributed by atoms with van der Waals surface area (Å²) in [6.45, 7) is 5.50. The van der Waals surface area contributed by atoms with Gasteiger partial charge < -0.3 is 5.32 Å². The zero-order chi connectivity index (χ0) is 21.7. The monoisotopic (exact) mass is 444 g/mol. The number of carbonyl (C=O) groups is 1. The lowest BCUT2D eigenvalue weighted by Crippen LogP contribution is -2.23. The van der Waals surface area contributed by atoms with Gasteiger partial charge >= 0.3 is 0 Å². The SMILES string of the molecule is Cc1cc(C)nc(SC(C)C(=O)Nc2ccc(S(=O)(=O)Nc3ncccn3)cc2)n1. The molecule has 2 aromatic heterocycles. The number of benzene rings is 1. The van der Waals surface area contributed by atoms with Crippen molar-refractivity contribution in [3.63, 3.8) is 0 Å². The van der Waals surface area contributed by atoms with Crippen molar-refractivity contribution in [1.29, 1.82) is 0 Å². The van der Waals surface area contributed by atoms with Gasteiger partial charge in [-0.25, -0.2) is 33.1 Å². The molecule has 2 N–H and O–H groups in total. The van der Waals surface area contributed by atoms with Gasteiger partial charge in [0, 0.05) is 29.5 Å². The van der Waals surface area contributed by atoms with Crippen molar-refractivity contribution < 1.29 is 13.2 Å². The summed E-state index contributed by atoms with van der Waals surface area (Å²) in [7, 11) is -3.83. The van der Waals surface area contributed by atoms with E-state index < -0.39 is 15.3 Å². The number of amides is 1. The minimum absolute atomic E-state index is 0.0191. The van der Waals surface area contributed by atoms with Gasteiger partial charge in [-0.3, -0.25) is 4.79 Å². The van der Waals surface area contributed by atoms with Crippen LogP contribution in [0.15, 0.2) is 58.8 Å². The van der Waals surface area contributed by atoms with Gasteiger partial charge in [0.05, 0.1) is 10.1 Å². The van der Waals surface area contributed by atoms with Crippen LogP contribution in [0.5, 0.6) is 0 Å². The van der Waals surface area contributed by atoms with Crippen molar-refractivity contribution in [2.45, 2.75) is 36.1 Å². The zero-order valence-electron chi connectivity index (χ0n) is 16.5. The number of anilines is 2. The van der Waals surface area contributed by atoms with E-state index in [-0.39, 0.29) is 16.8 Å². The highest BCUT2D eigenvalue weighted by atomic mass is 32.2. The third-order valence-electron chi connectivity index (χ3n) is 3.84. The number of aryl methyl sites for hydroxylation is 2. The maximum absolute atomic E-state index is 12.5. The normalized spacial score (nSPS) is 12.2. The number of hydrogen-bond acceptors (Lipinski definition) is 8. The molecule has 11 heteroatoms. The van der Waals surface area contributed by atoms with Crippen LogP contribution in [-0.2, 0) is 14.8 Å². The summed E-state index contributed by atoms with van der Waals surface area (Å²) in [4.78, 5) is 28.8. The van der Waals surface area contributed by atoms with Crippen LogP contribution in [0.4, 0.5) is 11.6 Å². The highest BCUT2D eigenvalue weighted by molar-refractivity contribution is 8.00. The fourth-order valence-corrected chi connectivity index (χ4v) is 4.28. The number of sulfonamides is 1. The molecule has 1 amide bonds. The Hall–Kier alpha value is -3.05. The van der Waals surface area contributed by atoms with Crippen LogP contribution in [0.1, 0.15) is 18.3 Å². The Morgan fingerprint density at radius 1 is 1.03 bits per heavy atom. The van der Waals surface area contributed by atoms with Gasteiger partial charge in [-0.05, 0) is 57.2 Å². The van der Waals surface area contributed by atoms with Gasteiger partial charge in [-0.2, -0.15) is 0 Å². The molecule has 3 rings (SSSR count). The first-order valence-electron chi connectivity index (χ1n) is 8.92. The topological polar surface area (TPSA) is 127 Å². The molecule has 0 saturated heterocycles. The van der Waals surface area contributed by atoms with Gasteiger partial charge in [-0.1, -0.05) is 11.8 Å². The van der Waals surface area contributed by atoms with Crippen molar-refractivity contribution in [1.82, 2.24) is 19.9 Å². The van der Waals surface area contributed by atoms with Crippen molar-refractivity contribution >= 4 is 39.3 Å². The van der Waals surface area contributed by atoms with E-state index in [9.17, 15) is 13.2 Å². The third kappa shape index (κ3) is 5.74. The zero-order valence-corrected chi connectivity index (χ0v) is 18.2. The molecular formula is C19H20N6O3S2. The molecule has 0 aliphatic carbocycles. The van der Waals surface area contributed by atoms with E-state index in [0.29, 0.717) is 10.8 Å². The summed E-state index contributed by atoms with van der Waals surface area (Å²) in [6, 6.07) is 9.27. The fraction of sp³-hybridized carbons (Fsp3) is 0.211. The second-order valence-electron chi connectivity index (χ2n) is 6.38. The van der Waals surface area contributed by atoms with E-state index in [1.165, 1.54) is 48.4 Å². The van der Waals surface area contributed by atoms with Crippen LogP contribution < -0.4 is 10.0 Å². The Morgan fingerprint density at radius 3 is 2.23 bits per heavy atom. The summed E-state index contributed by atoms with van der Waals surface area (Å²) in [5.41, 5.74) is 2.15. The Balaban J connectivity index is 1.63. The van der Waals surface area contributed by atoms with Crippen molar-refractivity contribution in [3.8, 4) is 0 Å². The number of carbonyl (C=O) groups excluding carboxylic acids is 1. The predicted molar refractivity (Wildman–Crippen MR) is 115 cm³/mol. The van der Waals surface area contributed by atoms with E-state index in [1.807, 2.05) is 19.9 Å². The fourth-order valence-electron chi connectivity index (χ4n) is 2.45. The van der Waals surface area contributed by atoms with Crippen LogP contribution in [0, 0.1) is 13.8 Å². The average molecular weight is 445 g/mol. The average Bonchev–Trinajstić information content (AvgIpc) is 2.68. The number of thioether (sulfide) groups is 1. The number of hydrogen-bond donors (Lipinski definition) is 2. The third-order valence-corrected chi connectivity index (χ3v) is 6.14. The molecule has 1 unspecified atom stereocenters. The van der Waals surface area contributed by atoms with Crippen molar-refractivity contribution in [2.75, 3.05) is 10.0 Å². The molecule has 0 saturated carbocycles. The number of nitrogens with zero attached hydrogens (tertiary/aromatic N) is 4. The Morgan fingerprint density at radius 2 is 1.63 bits per heavy atom. The Labute approximate surface area is 178 Å². The molecule has 0 spiro atoms. The molecule has 0 fully saturated rings. The molecular weight excluding hydrogens is 424 g/mol. The highest BCUT2D eigenvalue weighted by Gasteiger charge is 2.18. The quantitative estimate of drug-likeness (QED) is 0.421. The van der Waals surface area contributed by atoms with Crippen LogP contribution in [0.2, 0.25) is 0 Å². The molecule has 2 heterocycles. The summed E-state index contributed by atoms with van der Waals surface area (Å²) < 4.78 is 27.1. The molecule has 1 aromatic carbocycles.